The fourth-order valence-corrected chi connectivity index (χ4v) is 4.57. The van der Waals surface area contributed by atoms with Crippen molar-refractivity contribution in [3.63, 3.8) is 0 Å². The number of benzene rings is 1. The summed E-state index contributed by atoms with van der Waals surface area (Å²) in [6.07, 6.45) is 0.881. The molecular formula is C23H24F3N5O3. The number of carbonyl (C=O) groups excluding carboxylic acids is 2. The van der Waals surface area contributed by atoms with E-state index in [4.69, 9.17) is 0 Å². The number of hydrogen-bond donors (Lipinski definition) is 1. The molecule has 1 aliphatic carbocycles. The number of amides is 2. The van der Waals surface area contributed by atoms with Crippen LogP contribution in [-0.2, 0) is 11.3 Å². The highest BCUT2D eigenvalue weighted by Gasteiger charge is 2.56. The number of hydrogen-bond acceptors (Lipinski definition) is 6. The van der Waals surface area contributed by atoms with Crippen LogP contribution in [0.15, 0.2) is 30.6 Å². The maximum atomic E-state index is 12.9. The van der Waals surface area contributed by atoms with Gasteiger partial charge in [0.05, 0.1) is 11.1 Å². The van der Waals surface area contributed by atoms with E-state index >= 15 is 0 Å². The van der Waals surface area contributed by atoms with E-state index in [1.54, 1.807) is 9.80 Å². The first-order valence-corrected chi connectivity index (χ1v) is 11.1. The first kappa shape index (κ1) is 22.4. The Morgan fingerprint density at radius 3 is 2.44 bits per heavy atom. The maximum absolute atomic E-state index is 12.9. The van der Waals surface area contributed by atoms with Crippen LogP contribution in [-0.4, -0.2) is 63.1 Å². The quantitative estimate of drug-likeness (QED) is 0.690. The summed E-state index contributed by atoms with van der Waals surface area (Å²) in [5.41, 5.74) is 1.52. The van der Waals surface area contributed by atoms with Gasteiger partial charge in [-0.15, -0.1) is 13.2 Å². The first-order chi connectivity index (χ1) is 16.1. The van der Waals surface area contributed by atoms with Gasteiger partial charge in [-0.25, -0.2) is 9.97 Å². The van der Waals surface area contributed by atoms with E-state index in [9.17, 15) is 22.8 Å². The zero-order chi connectivity index (χ0) is 24.1. The fourth-order valence-electron chi connectivity index (χ4n) is 4.57. The van der Waals surface area contributed by atoms with Gasteiger partial charge in [0.15, 0.2) is 0 Å². The molecule has 1 aromatic carbocycles. The molecule has 34 heavy (non-hydrogen) atoms. The van der Waals surface area contributed by atoms with Crippen molar-refractivity contribution in [2.45, 2.75) is 50.6 Å². The Morgan fingerprint density at radius 1 is 1.18 bits per heavy atom. The van der Waals surface area contributed by atoms with Crippen LogP contribution in [0.3, 0.4) is 0 Å². The number of carbonyl (C=O) groups is 2. The first-order valence-electron chi connectivity index (χ1n) is 11.1. The number of nitrogens with one attached hydrogen (secondary N) is 1. The molecule has 3 aliphatic rings. The van der Waals surface area contributed by atoms with Crippen LogP contribution in [0.5, 0.6) is 5.75 Å². The lowest BCUT2D eigenvalue weighted by atomic mass is 9.77. The normalized spacial score (nSPS) is 18.8. The van der Waals surface area contributed by atoms with E-state index in [-0.39, 0.29) is 41.5 Å². The minimum absolute atomic E-state index is 0.00319. The molecule has 8 nitrogen and oxygen atoms in total. The average Bonchev–Trinajstić information content (AvgIpc) is 3.55. The Hall–Kier alpha value is -3.37. The molecule has 11 heteroatoms. The monoisotopic (exact) mass is 475 g/mol. The lowest BCUT2D eigenvalue weighted by Gasteiger charge is -2.62. The number of alkyl halides is 3. The van der Waals surface area contributed by atoms with Gasteiger partial charge >= 0.3 is 6.36 Å². The standard InChI is InChI=1S/C23H24F3N5O3/c1-14(32)30-12-22(13-30)4-5-31(22)20(33)18-10-28-21(29-11-18)27-9-15-6-17(16-2-3-16)8-19(7-15)34-23(24,25)26/h6-8,10-11,16H,2-5,9,12-13H2,1H3,(H,27,28,29). The zero-order valence-corrected chi connectivity index (χ0v) is 18.6. The van der Waals surface area contributed by atoms with E-state index in [2.05, 4.69) is 20.0 Å². The number of anilines is 1. The number of likely N-dealkylation sites (tertiary alicyclic amines) is 2. The SMILES string of the molecule is CC(=O)N1CC2(CCN2C(=O)c2cnc(NCc3cc(OC(F)(F)F)cc(C4CC4)c3)nc2)C1. The lowest BCUT2D eigenvalue weighted by molar-refractivity contribution is -0.274. The van der Waals surface area contributed by atoms with Crippen molar-refractivity contribution in [2.75, 3.05) is 25.0 Å². The topological polar surface area (TPSA) is 87.7 Å². The predicted octanol–water partition coefficient (Wildman–Crippen LogP) is 3.31. The molecule has 2 aliphatic heterocycles. The van der Waals surface area contributed by atoms with Crippen LogP contribution in [0.25, 0.3) is 0 Å². The third-order valence-corrected chi connectivity index (χ3v) is 6.65. The van der Waals surface area contributed by atoms with Crippen LogP contribution in [0.1, 0.15) is 53.6 Å². The van der Waals surface area contributed by atoms with Gasteiger partial charge in [0, 0.05) is 45.5 Å². The minimum Gasteiger partial charge on any atom is -0.406 e. The third kappa shape index (κ3) is 4.51. The number of aromatic nitrogens is 2. The molecule has 0 radical (unpaired) electrons. The molecular weight excluding hydrogens is 451 g/mol. The summed E-state index contributed by atoms with van der Waals surface area (Å²) < 4.78 is 42.2. The second-order valence-corrected chi connectivity index (χ2v) is 9.19. The Labute approximate surface area is 194 Å². The van der Waals surface area contributed by atoms with Crippen molar-refractivity contribution in [2.24, 2.45) is 0 Å². The fraction of sp³-hybridized carbons (Fsp3) is 0.478. The van der Waals surface area contributed by atoms with E-state index in [0.29, 0.717) is 30.8 Å². The predicted molar refractivity (Wildman–Crippen MR) is 115 cm³/mol. The number of halogens is 3. The Balaban J connectivity index is 1.21. The summed E-state index contributed by atoms with van der Waals surface area (Å²) in [7, 11) is 0. The highest BCUT2D eigenvalue weighted by Crippen LogP contribution is 2.42. The van der Waals surface area contributed by atoms with E-state index in [0.717, 1.165) is 24.8 Å². The summed E-state index contributed by atoms with van der Waals surface area (Å²) in [5, 5.41) is 2.99. The number of rotatable bonds is 6. The molecule has 180 valence electrons. The largest absolute Gasteiger partial charge is 0.573 e. The smallest absolute Gasteiger partial charge is 0.406 e. The molecule has 3 fully saturated rings. The highest BCUT2D eigenvalue weighted by atomic mass is 19.4. The van der Waals surface area contributed by atoms with E-state index in [1.165, 1.54) is 31.5 Å². The van der Waals surface area contributed by atoms with Gasteiger partial charge in [-0.3, -0.25) is 9.59 Å². The van der Waals surface area contributed by atoms with Gasteiger partial charge in [-0.05, 0) is 48.4 Å². The van der Waals surface area contributed by atoms with Crippen molar-refractivity contribution in [1.29, 1.82) is 0 Å². The summed E-state index contributed by atoms with van der Waals surface area (Å²) in [6.45, 7) is 3.45. The van der Waals surface area contributed by atoms with Gasteiger partial charge in [0.25, 0.3) is 5.91 Å². The summed E-state index contributed by atoms with van der Waals surface area (Å²) in [4.78, 5) is 36.2. The molecule has 0 unspecified atom stereocenters. The van der Waals surface area contributed by atoms with Crippen molar-refractivity contribution in [3.8, 4) is 5.75 Å². The van der Waals surface area contributed by atoms with Crippen molar-refractivity contribution in [1.82, 2.24) is 19.8 Å². The average molecular weight is 475 g/mol. The molecule has 2 amide bonds. The van der Waals surface area contributed by atoms with Gasteiger partial charge in [-0.2, -0.15) is 0 Å². The highest BCUT2D eigenvalue weighted by molar-refractivity contribution is 5.95. The van der Waals surface area contributed by atoms with Crippen LogP contribution < -0.4 is 10.1 Å². The van der Waals surface area contributed by atoms with Crippen LogP contribution in [0.2, 0.25) is 0 Å². The van der Waals surface area contributed by atoms with Crippen molar-refractivity contribution >= 4 is 17.8 Å². The maximum Gasteiger partial charge on any atom is 0.573 e. The summed E-state index contributed by atoms with van der Waals surface area (Å²) >= 11 is 0. The molecule has 1 N–H and O–H groups in total. The molecule has 1 aromatic heterocycles. The van der Waals surface area contributed by atoms with Crippen LogP contribution >= 0.6 is 0 Å². The lowest BCUT2D eigenvalue weighted by Crippen LogP contribution is -2.78. The molecule has 5 rings (SSSR count). The number of ether oxygens (including phenoxy) is 1. The molecule has 2 saturated heterocycles. The van der Waals surface area contributed by atoms with Gasteiger partial charge < -0.3 is 19.9 Å². The van der Waals surface area contributed by atoms with Gasteiger partial charge in [0.1, 0.15) is 5.75 Å². The zero-order valence-electron chi connectivity index (χ0n) is 18.6. The Bertz CT molecular complexity index is 1110. The van der Waals surface area contributed by atoms with Gasteiger partial charge in [0.2, 0.25) is 11.9 Å². The van der Waals surface area contributed by atoms with Crippen LogP contribution in [0.4, 0.5) is 19.1 Å². The summed E-state index contributed by atoms with van der Waals surface area (Å²) in [6, 6.07) is 4.64. The third-order valence-electron chi connectivity index (χ3n) is 6.65. The molecule has 0 bridgehead atoms. The van der Waals surface area contributed by atoms with Crippen molar-refractivity contribution < 1.29 is 27.5 Å². The number of nitrogens with zero attached hydrogens (tertiary/aromatic N) is 4. The molecule has 0 atom stereocenters. The van der Waals surface area contributed by atoms with E-state index in [1.807, 2.05) is 6.07 Å². The molecule has 2 aromatic rings. The Morgan fingerprint density at radius 2 is 1.88 bits per heavy atom. The minimum atomic E-state index is -4.75. The van der Waals surface area contributed by atoms with Crippen LogP contribution in [0, 0.1) is 0 Å². The van der Waals surface area contributed by atoms with Crippen molar-refractivity contribution in [3.05, 3.63) is 47.3 Å². The van der Waals surface area contributed by atoms with E-state index < -0.39 is 6.36 Å². The van der Waals surface area contributed by atoms with Gasteiger partial charge in [-0.1, -0.05) is 6.07 Å². The molecule has 3 heterocycles. The second kappa shape index (κ2) is 8.14. The Kier molecular flexibility index (Phi) is 5.37. The summed E-state index contributed by atoms with van der Waals surface area (Å²) in [5.74, 6) is 0.116. The molecule has 1 spiro atoms. The molecule has 1 saturated carbocycles. The second-order valence-electron chi connectivity index (χ2n) is 9.19.